The normalized spacial score (nSPS) is 14.9. The molecule has 1 aromatic carbocycles. The van der Waals surface area contributed by atoms with Crippen LogP contribution in [-0.2, 0) is 0 Å². The third-order valence-electron chi connectivity index (χ3n) is 2.84. The molecule has 2 atom stereocenters. The van der Waals surface area contributed by atoms with E-state index in [1.54, 1.807) is 0 Å². The van der Waals surface area contributed by atoms with Gasteiger partial charge in [-0.05, 0) is 30.2 Å². The zero-order chi connectivity index (χ0) is 11.3. The highest BCUT2D eigenvalue weighted by Gasteiger charge is 2.16. The molecule has 1 aromatic rings. The average molecular weight is 270 g/mol. The summed E-state index contributed by atoms with van der Waals surface area (Å²) in [6.45, 7) is 7.72. The lowest BCUT2D eigenvalue weighted by Gasteiger charge is -2.24. The summed E-state index contributed by atoms with van der Waals surface area (Å²) in [6.07, 6.45) is 1.20. The van der Waals surface area contributed by atoms with E-state index in [1.165, 1.54) is 12.0 Å². The Bertz CT molecular complexity index is 298. The fourth-order valence-corrected chi connectivity index (χ4v) is 2.22. The van der Waals surface area contributed by atoms with E-state index in [0.717, 1.165) is 11.0 Å². The predicted molar refractivity (Wildman–Crippen MR) is 70.0 cm³/mol. The van der Waals surface area contributed by atoms with Crippen molar-refractivity contribution in [3.63, 3.8) is 0 Å². The Morgan fingerprint density at radius 2 is 2.07 bits per heavy atom. The molecule has 15 heavy (non-hydrogen) atoms. The monoisotopic (exact) mass is 269 g/mol. The highest BCUT2D eigenvalue weighted by atomic mass is 79.9. The Morgan fingerprint density at radius 3 is 2.60 bits per heavy atom. The van der Waals surface area contributed by atoms with Crippen LogP contribution in [0.3, 0.4) is 0 Å². The zero-order valence-corrected chi connectivity index (χ0v) is 11.3. The molecule has 0 heterocycles. The van der Waals surface area contributed by atoms with Crippen LogP contribution in [-0.4, -0.2) is 6.54 Å². The molecule has 0 bridgehead atoms. The van der Waals surface area contributed by atoms with Crippen molar-refractivity contribution in [1.82, 2.24) is 5.32 Å². The van der Waals surface area contributed by atoms with E-state index >= 15 is 0 Å². The van der Waals surface area contributed by atoms with Gasteiger partial charge in [-0.1, -0.05) is 55.3 Å². The largest absolute Gasteiger partial charge is 0.310 e. The molecule has 0 spiro atoms. The molecule has 0 fully saturated rings. The van der Waals surface area contributed by atoms with Gasteiger partial charge < -0.3 is 5.32 Å². The lowest BCUT2D eigenvalue weighted by molar-refractivity contribution is 0.384. The summed E-state index contributed by atoms with van der Waals surface area (Å²) in [5, 5.41) is 3.56. The van der Waals surface area contributed by atoms with Crippen molar-refractivity contribution in [2.24, 2.45) is 5.92 Å². The first-order valence-corrected chi connectivity index (χ1v) is 6.47. The van der Waals surface area contributed by atoms with E-state index in [-0.39, 0.29) is 0 Å². The lowest BCUT2D eigenvalue weighted by Crippen LogP contribution is -2.26. The molecule has 1 rings (SSSR count). The quantitative estimate of drug-likeness (QED) is 0.847. The van der Waals surface area contributed by atoms with Gasteiger partial charge in [0.1, 0.15) is 0 Å². The molecule has 0 saturated carbocycles. The van der Waals surface area contributed by atoms with E-state index in [1.807, 2.05) is 0 Å². The molecule has 0 aromatic heterocycles. The van der Waals surface area contributed by atoms with E-state index in [0.29, 0.717) is 12.0 Å². The SMILES string of the molecule is CCNC(c1cccc(Br)c1)C(C)CC. The summed E-state index contributed by atoms with van der Waals surface area (Å²) < 4.78 is 1.16. The van der Waals surface area contributed by atoms with Gasteiger partial charge in [-0.25, -0.2) is 0 Å². The summed E-state index contributed by atoms with van der Waals surface area (Å²) in [5.74, 6) is 0.666. The maximum atomic E-state index is 3.56. The van der Waals surface area contributed by atoms with Crippen LogP contribution in [0, 0.1) is 5.92 Å². The van der Waals surface area contributed by atoms with Gasteiger partial charge in [0, 0.05) is 10.5 Å². The third kappa shape index (κ3) is 3.62. The molecule has 84 valence electrons. The maximum Gasteiger partial charge on any atom is 0.0346 e. The number of hydrogen-bond acceptors (Lipinski definition) is 1. The molecular formula is C13H20BrN. The fourth-order valence-electron chi connectivity index (χ4n) is 1.80. The molecular weight excluding hydrogens is 250 g/mol. The predicted octanol–water partition coefficient (Wildman–Crippen LogP) is 4.15. The van der Waals surface area contributed by atoms with Gasteiger partial charge in [0.15, 0.2) is 0 Å². The van der Waals surface area contributed by atoms with E-state index in [4.69, 9.17) is 0 Å². The summed E-state index contributed by atoms with van der Waals surface area (Å²) >= 11 is 3.52. The molecule has 2 heteroatoms. The topological polar surface area (TPSA) is 12.0 Å². The molecule has 0 aliphatic carbocycles. The van der Waals surface area contributed by atoms with Crippen molar-refractivity contribution in [1.29, 1.82) is 0 Å². The van der Waals surface area contributed by atoms with Gasteiger partial charge in [-0.15, -0.1) is 0 Å². The lowest BCUT2D eigenvalue weighted by atomic mass is 9.92. The van der Waals surface area contributed by atoms with Crippen molar-refractivity contribution in [3.05, 3.63) is 34.3 Å². The van der Waals surface area contributed by atoms with Crippen molar-refractivity contribution in [3.8, 4) is 0 Å². The van der Waals surface area contributed by atoms with Gasteiger partial charge in [0.25, 0.3) is 0 Å². The van der Waals surface area contributed by atoms with Crippen LogP contribution in [0.5, 0.6) is 0 Å². The number of nitrogens with one attached hydrogen (secondary N) is 1. The van der Waals surface area contributed by atoms with E-state index in [2.05, 4.69) is 66.3 Å². The van der Waals surface area contributed by atoms with E-state index in [9.17, 15) is 0 Å². The summed E-state index contributed by atoms with van der Waals surface area (Å²) in [6, 6.07) is 9.05. The Morgan fingerprint density at radius 1 is 1.33 bits per heavy atom. The number of rotatable bonds is 5. The molecule has 0 saturated heterocycles. The van der Waals surface area contributed by atoms with E-state index < -0.39 is 0 Å². The molecule has 1 nitrogen and oxygen atoms in total. The highest BCUT2D eigenvalue weighted by Crippen LogP contribution is 2.26. The molecule has 0 aliphatic heterocycles. The number of halogens is 1. The minimum atomic E-state index is 0.470. The third-order valence-corrected chi connectivity index (χ3v) is 3.34. The second-order valence-corrected chi connectivity index (χ2v) is 4.89. The van der Waals surface area contributed by atoms with Crippen molar-refractivity contribution in [2.45, 2.75) is 33.2 Å². The number of hydrogen-bond donors (Lipinski definition) is 1. The second-order valence-electron chi connectivity index (χ2n) is 3.98. The minimum absolute atomic E-state index is 0.470. The van der Waals surface area contributed by atoms with Gasteiger partial charge in [0.05, 0.1) is 0 Å². The first-order chi connectivity index (χ1) is 7.19. The highest BCUT2D eigenvalue weighted by molar-refractivity contribution is 9.10. The van der Waals surface area contributed by atoms with Crippen molar-refractivity contribution >= 4 is 15.9 Å². The zero-order valence-electron chi connectivity index (χ0n) is 9.76. The molecule has 0 aliphatic rings. The Hall–Kier alpha value is -0.340. The van der Waals surface area contributed by atoms with Crippen LogP contribution in [0.25, 0.3) is 0 Å². The Balaban J connectivity index is 2.88. The minimum Gasteiger partial charge on any atom is -0.310 e. The second kappa shape index (κ2) is 6.29. The fraction of sp³-hybridized carbons (Fsp3) is 0.538. The number of benzene rings is 1. The van der Waals surface area contributed by atoms with Crippen LogP contribution in [0.2, 0.25) is 0 Å². The summed E-state index contributed by atoms with van der Waals surface area (Å²) in [4.78, 5) is 0. The first-order valence-electron chi connectivity index (χ1n) is 5.67. The van der Waals surface area contributed by atoms with Gasteiger partial charge in [-0.2, -0.15) is 0 Å². The van der Waals surface area contributed by atoms with Crippen LogP contribution >= 0.6 is 15.9 Å². The maximum absolute atomic E-state index is 3.56. The molecule has 0 radical (unpaired) electrons. The average Bonchev–Trinajstić information content (AvgIpc) is 2.25. The van der Waals surface area contributed by atoms with Crippen LogP contribution in [0.1, 0.15) is 38.8 Å². The smallest absolute Gasteiger partial charge is 0.0346 e. The van der Waals surface area contributed by atoms with Gasteiger partial charge in [0.2, 0.25) is 0 Å². The standard InChI is InChI=1S/C13H20BrN/c1-4-10(3)13(15-5-2)11-7-6-8-12(14)9-11/h6-10,13,15H,4-5H2,1-3H3. The van der Waals surface area contributed by atoms with Crippen LogP contribution in [0.4, 0.5) is 0 Å². The Kier molecular flexibility index (Phi) is 5.34. The van der Waals surface area contributed by atoms with Crippen LogP contribution in [0.15, 0.2) is 28.7 Å². The van der Waals surface area contributed by atoms with Gasteiger partial charge in [-0.3, -0.25) is 0 Å². The Labute approximate surface area is 101 Å². The van der Waals surface area contributed by atoms with Crippen LogP contribution < -0.4 is 5.32 Å². The van der Waals surface area contributed by atoms with Gasteiger partial charge >= 0.3 is 0 Å². The van der Waals surface area contributed by atoms with Crippen molar-refractivity contribution < 1.29 is 0 Å². The first kappa shape index (κ1) is 12.7. The summed E-state index contributed by atoms with van der Waals surface area (Å²) in [5.41, 5.74) is 1.38. The molecule has 1 N–H and O–H groups in total. The summed E-state index contributed by atoms with van der Waals surface area (Å²) in [7, 11) is 0. The molecule has 0 amide bonds. The molecule has 2 unspecified atom stereocenters. The van der Waals surface area contributed by atoms with Crippen molar-refractivity contribution in [2.75, 3.05) is 6.54 Å².